The van der Waals surface area contributed by atoms with Crippen LogP contribution in [0, 0.1) is 5.82 Å². The summed E-state index contributed by atoms with van der Waals surface area (Å²) < 4.78 is 13.8. The minimum absolute atomic E-state index is 0.0662. The van der Waals surface area contributed by atoms with Crippen LogP contribution in [0.1, 0.15) is 29.6 Å². The fourth-order valence-electron chi connectivity index (χ4n) is 1.93. The Morgan fingerprint density at radius 2 is 2.11 bits per heavy atom. The van der Waals surface area contributed by atoms with E-state index in [2.05, 4.69) is 15.8 Å². The van der Waals surface area contributed by atoms with Gasteiger partial charge < -0.3 is 5.43 Å². The van der Waals surface area contributed by atoms with E-state index in [1.54, 1.807) is 5.01 Å². The van der Waals surface area contributed by atoms with Crippen molar-refractivity contribution in [2.75, 3.05) is 18.5 Å². The maximum Gasteiger partial charge on any atom is 0.268 e. The van der Waals surface area contributed by atoms with Gasteiger partial charge in [-0.2, -0.15) is 0 Å². The summed E-state index contributed by atoms with van der Waals surface area (Å²) in [4.78, 5) is 15.6. The van der Waals surface area contributed by atoms with E-state index in [0.717, 1.165) is 32.4 Å². The lowest BCUT2D eigenvalue weighted by molar-refractivity contribution is 0.0746. The number of carbonyl (C=O) groups excluding carboxylic acids is 1. The van der Waals surface area contributed by atoms with Crippen molar-refractivity contribution < 1.29 is 9.18 Å². The molecule has 2 heterocycles. The molecule has 0 spiro atoms. The van der Waals surface area contributed by atoms with Crippen molar-refractivity contribution in [3.63, 3.8) is 0 Å². The topological polar surface area (TPSA) is 83.3 Å². The number of amides is 1. The van der Waals surface area contributed by atoms with Gasteiger partial charge in [0, 0.05) is 19.3 Å². The number of pyridine rings is 1. The fraction of sp³-hybridized carbons (Fsp3) is 0.455. The van der Waals surface area contributed by atoms with Crippen LogP contribution in [0.15, 0.2) is 12.3 Å². The van der Waals surface area contributed by atoms with Crippen LogP contribution in [-0.2, 0) is 0 Å². The number of nitrogen functional groups attached to an aromatic ring is 1. The Hall–Kier alpha value is -1.73. The maximum absolute atomic E-state index is 13.8. The van der Waals surface area contributed by atoms with Crippen molar-refractivity contribution in [2.24, 2.45) is 5.84 Å². The molecule has 2 rings (SSSR count). The molecular formula is C11H16FN5O. The van der Waals surface area contributed by atoms with E-state index in [9.17, 15) is 9.18 Å². The Bertz CT molecular complexity index is 433. The average Bonchev–Trinajstić information content (AvgIpc) is 2.40. The normalized spacial score (nSPS) is 16.3. The van der Waals surface area contributed by atoms with Crippen LogP contribution in [0.2, 0.25) is 0 Å². The Labute approximate surface area is 104 Å². The molecule has 1 fully saturated rings. The SMILES string of the molecule is NNc1nccc(C(=O)NN2CCCCC2)c1F. The third-order valence-electron chi connectivity index (χ3n) is 2.89. The van der Waals surface area contributed by atoms with Crippen LogP contribution < -0.4 is 16.7 Å². The molecule has 6 nitrogen and oxygen atoms in total. The zero-order valence-corrected chi connectivity index (χ0v) is 9.95. The third-order valence-corrected chi connectivity index (χ3v) is 2.89. The van der Waals surface area contributed by atoms with Crippen molar-refractivity contribution in [2.45, 2.75) is 19.3 Å². The van der Waals surface area contributed by atoms with Crippen LogP contribution in [0.4, 0.5) is 10.2 Å². The van der Waals surface area contributed by atoms with E-state index in [0.29, 0.717) is 0 Å². The van der Waals surface area contributed by atoms with E-state index >= 15 is 0 Å². The summed E-state index contributed by atoms with van der Waals surface area (Å²) >= 11 is 0. The van der Waals surface area contributed by atoms with Crippen LogP contribution in [-0.4, -0.2) is 29.0 Å². The first kappa shape index (κ1) is 12.7. The van der Waals surface area contributed by atoms with Gasteiger partial charge in [0.15, 0.2) is 11.6 Å². The molecule has 1 aliphatic heterocycles. The summed E-state index contributed by atoms with van der Waals surface area (Å²) in [6.45, 7) is 1.58. The van der Waals surface area contributed by atoms with Crippen molar-refractivity contribution in [1.82, 2.24) is 15.4 Å². The van der Waals surface area contributed by atoms with Crippen LogP contribution in [0.25, 0.3) is 0 Å². The fourth-order valence-corrected chi connectivity index (χ4v) is 1.93. The summed E-state index contributed by atoms with van der Waals surface area (Å²) in [6, 6.07) is 1.33. The Balaban J connectivity index is 2.08. The standard InChI is InChI=1S/C11H16FN5O/c12-9-8(4-5-14-10(9)15-13)11(18)16-17-6-2-1-3-7-17/h4-5H,1-3,6-7,13H2,(H,14,15)(H,16,18). The first-order valence-electron chi connectivity index (χ1n) is 5.89. The Morgan fingerprint density at radius 3 is 2.78 bits per heavy atom. The molecule has 98 valence electrons. The Morgan fingerprint density at radius 1 is 1.39 bits per heavy atom. The summed E-state index contributed by atoms with van der Waals surface area (Å²) in [5.41, 5.74) is 4.73. The number of rotatable bonds is 3. The number of nitrogens with zero attached hydrogens (tertiary/aromatic N) is 2. The first-order chi connectivity index (χ1) is 8.72. The molecule has 1 aromatic rings. The maximum atomic E-state index is 13.8. The lowest BCUT2D eigenvalue weighted by Gasteiger charge is -2.26. The molecule has 0 aliphatic carbocycles. The molecule has 1 saturated heterocycles. The zero-order chi connectivity index (χ0) is 13.0. The van der Waals surface area contributed by atoms with Crippen molar-refractivity contribution in [3.8, 4) is 0 Å². The summed E-state index contributed by atoms with van der Waals surface area (Å²) in [5, 5.41) is 1.81. The molecule has 0 radical (unpaired) electrons. The number of aromatic nitrogens is 1. The quantitative estimate of drug-likeness (QED) is 0.544. The molecular weight excluding hydrogens is 237 g/mol. The van der Waals surface area contributed by atoms with Gasteiger partial charge >= 0.3 is 0 Å². The highest BCUT2D eigenvalue weighted by atomic mass is 19.1. The highest BCUT2D eigenvalue weighted by Gasteiger charge is 2.18. The van der Waals surface area contributed by atoms with E-state index in [4.69, 9.17) is 5.84 Å². The number of halogens is 1. The second-order valence-electron chi connectivity index (χ2n) is 4.15. The molecule has 0 atom stereocenters. The molecule has 0 saturated carbocycles. The molecule has 1 aliphatic rings. The molecule has 1 amide bonds. The number of hydrogen-bond acceptors (Lipinski definition) is 5. The van der Waals surface area contributed by atoms with Crippen molar-refractivity contribution in [3.05, 3.63) is 23.6 Å². The van der Waals surface area contributed by atoms with Crippen LogP contribution in [0.3, 0.4) is 0 Å². The molecule has 0 unspecified atom stereocenters. The summed E-state index contributed by atoms with van der Waals surface area (Å²) in [7, 11) is 0. The molecule has 18 heavy (non-hydrogen) atoms. The summed E-state index contributed by atoms with van der Waals surface area (Å²) in [5.74, 6) is 3.75. The van der Waals surface area contributed by atoms with Gasteiger partial charge in [-0.3, -0.25) is 10.2 Å². The minimum atomic E-state index is -0.741. The van der Waals surface area contributed by atoms with Gasteiger partial charge in [-0.05, 0) is 18.9 Å². The number of hydrogen-bond donors (Lipinski definition) is 3. The van der Waals surface area contributed by atoms with E-state index in [1.807, 2.05) is 0 Å². The van der Waals surface area contributed by atoms with Gasteiger partial charge in [0.25, 0.3) is 5.91 Å². The Kier molecular flexibility index (Phi) is 4.06. The lowest BCUT2D eigenvalue weighted by atomic mass is 10.2. The second-order valence-corrected chi connectivity index (χ2v) is 4.15. The number of nitrogens with one attached hydrogen (secondary N) is 2. The molecule has 0 aromatic carbocycles. The highest BCUT2D eigenvalue weighted by molar-refractivity contribution is 5.94. The molecule has 7 heteroatoms. The smallest absolute Gasteiger partial charge is 0.268 e. The highest BCUT2D eigenvalue weighted by Crippen LogP contribution is 2.14. The van der Waals surface area contributed by atoms with E-state index in [-0.39, 0.29) is 11.4 Å². The van der Waals surface area contributed by atoms with Gasteiger partial charge in [-0.1, -0.05) is 6.42 Å². The average molecular weight is 253 g/mol. The zero-order valence-electron chi connectivity index (χ0n) is 9.95. The number of anilines is 1. The van der Waals surface area contributed by atoms with Gasteiger partial charge in [0.05, 0.1) is 5.56 Å². The van der Waals surface area contributed by atoms with Crippen molar-refractivity contribution in [1.29, 1.82) is 0 Å². The third kappa shape index (κ3) is 2.74. The van der Waals surface area contributed by atoms with Gasteiger partial charge in [-0.15, -0.1) is 0 Å². The minimum Gasteiger partial charge on any atom is -0.306 e. The second kappa shape index (κ2) is 5.74. The summed E-state index contributed by atoms with van der Waals surface area (Å²) in [6.07, 6.45) is 4.57. The van der Waals surface area contributed by atoms with E-state index < -0.39 is 11.7 Å². The monoisotopic (exact) mass is 253 g/mol. The molecule has 1 aromatic heterocycles. The number of carbonyl (C=O) groups is 1. The lowest BCUT2D eigenvalue weighted by Crippen LogP contribution is -2.45. The number of piperidine rings is 1. The predicted molar refractivity (Wildman–Crippen MR) is 64.9 cm³/mol. The van der Waals surface area contributed by atoms with Crippen LogP contribution >= 0.6 is 0 Å². The molecule has 0 bridgehead atoms. The number of hydrazine groups is 2. The van der Waals surface area contributed by atoms with Gasteiger partial charge in [0.1, 0.15) is 0 Å². The first-order valence-corrected chi connectivity index (χ1v) is 5.89. The van der Waals surface area contributed by atoms with Gasteiger partial charge in [-0.25, -0.2) is 20.2 Å². The largest absolute Gasteiger partial charge is 0.306 e. The molecule has 4 N–H and O–H groups in total. The van der Waals surface area contributed by atoms with Crippen molar-refractivity contribution >= 4 is 11.7 Å². The predicted octanol–water partition coefficient (Wildman–Crippen LogP) is 0.637. The van der Waals surface area contributed by atoms with E-state index in [1.165, 1.54) is 12.3 Å². The van der Waals surface area contributed by atoms with Crippen LogP contribution in [0.5, 0.6) is 0 Å². The number of nitrogens with two attached hydrogens (primary N) is 1. The van der Waals surface area contributed by atoms with Gasteiger partial charge in [0.2, 0.25) is 0 Å².